The van der Waals surface area contributed by atoms with Crippen molar-refractivity contribution in [2.75, 3.05) is 24.6 Å². The predicted molar refractivity (Wildman–Crippen MR) is 107 cm³/mol. The van der Waals surface area contributed by atoms with Gasteiger partial charge in [-0.15, -0.1) is 11.3 Å². The number of aryl methyl sites for hydroxylation is 1. The van der Waals surface area contributed by atoms with Crippen molar-refractivity contribution in [2.45, 2.75) is 50.7 Å². The zero-order valence-corrected chi connectivity index (χ0v) is 16.5. The number of piperidine rings is 1. The van der Waals surface area contributed by atoms with Gasteiger partial charge in [-0.1, -0.05) is 0 Å². The normalized spacial score (nSPS) is 21.1. The van der Waals surface area contributed by atoms with Crippen molar-refractivity contribution >= 4 is 22.9 Å². The topological polar surface area (TPSA) is 54.5 Å². The highest BCUT2D eigenvalue weighted by atomic mass is 32.1. The summed E-state index contributed by atoms with van der Waals surface area (Å²) in [5.74, 6) is 0.0942. The van der Waals surface area contributed by atoms with E-state index in [9.17, 15) is 4.79 Å². The van der Waals surface area contributed by atoms with Crippen molar-refractivity contribution in [1.82, 2.24) is 10.3 Å². The fraction of sp³-hybridized carbons (Fsp3) is 0.524. The van der Waals surface area contributed by atoms with Gasteiger partial charge in [0.15, 0.2) is 0 Å². The van der Waals surface area contributed by atoms with Crippen LogP contribution in [-0.2, 0) is 16.8 Å². The summed E-state index contributed by atoms with van der Waals surface area (Å²) in [7, 11) is 0. The number of amides is 1. The third-order valence-electron chi connectivity index (χ3n) is 5.96. The number of aromatic nitrogens is 1. The average molecular weight is 384 g/mol. The van der Waals surface area contributed by atoms with Gasteiger partial charge in [-0.25, -0.2) is 0 Å². The molecule has 1 N–H and O–H groups in total. The van der Waals surface area contributed by atoms with E-state index in [4.69, 9.17) is 4.74 Å². The summed E-state index contributed by atoms with van der Waals surface area (Å²) in [6, 6.07) is 6.75. The van der Waals surface area contributed by atoms with E-state index in [0.29, 0.717) is 6.04 Å². The lowest BCUT2D eigenvalue weighted by Gasteiger charge is -2.44. The first kappa shape index (κ1) is 17.2. The second kappa shape index (κ2) is 6.60. The van der Waals surface area contributed by atoms with Crippen molar-refractivity contribution in [3.63, 3.8) is 0 Å². The van der Waals surface area contributed by atoms with Crippen molar-refractivity contribution in [3.8, 4) is 0 Å². The molecule has 2 aromatic rings. The summed E-state index contributed by atoms with van der Waals surface area (Å²) >= 11 is 1.67. The molecular formula is C21H25N3O2S. The zero-order chi connectivity index (χ0) is 18.4. The maximum Gasteiger partial charge on any atom is 0.261 e. The Morgan fingerprint density at radius 2 is 2.15 bits per heavy atom. The van der Waals surface area contributed by atoms with Gasteiger partial charge < -0.3 is 15.0 Å². The lowest BCUT2D eigenvalue weighted by molar-refractivity contribution is -0.0756. The van der Waals surface area contributed by atoms with Crippen molar-refractivity contribution in [3.05, 3.63) is 45.4 Å². The highest BCUT2D eigenvalue weighted by molar-refractivity contribution is 7.14. The van der Waals surface area contributed by atoms with Crippen LogP contribution in [0.3, 0.4) is 0 Å². The molecule has 142 valence electrons. The fourth-order valence-corrected chi connectivity index (χ4v) is 5.41. The molecule has 0 radical (unpaired) electrons. The molecule has 2 aliphatic heterocycles. The molecule has 2 fully saturated rings. The lowest BCUT2D eigenvalue weighted by Crippen LogP contribution is -2.46. The van der Waals surface area contributed by atoms with E-state index in [2.05, 4.69) is 33.4 Å². The van der Waals surface area contributed by atoms with Crippen LogP contribution >= 0.6 is 11.3 Å². The number of thiophene rings is 1. The predicted octanol–water partition coefficient (Wildman–Crippen LogP) is 3.41. The van der Waals surface area contributed by atoms with Gasteiger partial charge in [0.05, 0.1) is 17.1 Å². The highest BCUT2D eigenvalue weighted by Gasteiger charge is 2.42. The van der Waals surface area contributed by atoms with Crippen molar-refractivity contribution in [2.24, 2.45) is 0 Å². The molecule has 1 saturated carbocycles. The molecule has 0 bridgehead atoms. The first-order valence-electron chi connectivity index (χ1n) is 9.89. The molecule has 0 atom stereocenters. The maximum atomic E-state index is 12.5. The van der Waals surface area contributed by atoms with Crippen LogP contribution in [0.5, 0.6) is 0 Å². The van der Waals surface area contributed by atoms with Crippen molar-refractivity contribution < 1.29 is 9.53 Å². The smallest absolute Gasteiger partial charge is 0.261 e. The Hall–Kier alpha value is -1.92. The first-order chi connectivity index (χ1) is 13.1. The SMILES string of the molecule is Cc1cc(N2CCC3(CC2)OCCc2sc(C(=O)NC4CC4)cc23)ccn1. The molecule has 5 nitrogen and oxygen atoms in total. The largest absolute Gasteiger partial charge is 0.371 e. The van der Waals surface area contributed by atoms with E-state index >= 15 is 0 Å². The van der Waals surface area contributed by atoms with Gasteiger partial charge in [0.1, 0.15) is 0 Å². The summed E-state index contributed by atoms with van der Waals surface area (Å²) in [6.45, 7) is 4.71. The maximum absolute atomic E-state index is 12.5. The number of anilines is 1. The monoisotopic (exact) mass is 383 g/mol. The Kier molecular flexibility index (Phi) is 4.20. The molecule has 3 aliphatic rings. The summed E-state index contributed by atoms with van der Waals surface area (Å²) in [5.41, 5.74) is 3.34. The summed E-state index contributed by atoms with van der Waals surface area (Å²) < 4.78 is 6.36. The van der Waals surface area contributed by atoms with Gasteiger partial charge in [-0.05, 0) is 56.4 Å². The van der Waals surface area contributed by atoms with Crippen molar-refractivity contribution in [1.29, 1.82) is 0 Å². The van der Waals surface area contributed by atoms with Crippen LogP contribution in [0.1, 0.15) is 51.5 Å². The number of nitrogens with zero attached hydrogens (tertiary/aromatic N) is 2. The van der Waals surface area contributed by atoms with Gasteiger partial charge in [0.2, 0.25) is 0 Å². The first-order valence-corrected chi connectivity index (χ1v) is 10.7. The Bertz CT molecular complexity index is 866. The van der Waals surface area contributed by atoms with Crippen LogP contribution in [0.2, 0.25) is 0 Å². The van der Waals surface area contributed by atoms with Crippen LogP contribution in [0.15, 0.2) is 24.4 Å². The van der Waals surface area contributed by atoms with E-state index < -0.39 is 0 Å². The van der Waals surface area contributed by atoms with Gasteiger partial charge in [-0.3, -0.25) is 9.78 Å². The molecule has 4 heterocycles. The van der Waals surface area contributed by atoms with Gasteiger partial charge in [0, 0.05) is 48.0 Å². The Morgan fingerprint density at radius 1 is 1.33 bits per heavy atom. The highest BCUT2D eigenvalue weighted by Crippen LogP contribution is 2.45. The molecular weight excluding hydrogens is 358 g/mol. The molecule has 0 aromatic carbocycles. The lowest BCUT2D eigenvalue weighted by atomic mass is 9.82. The minimum absolute atomic E-state index is 0.0942. The van der Waals surface area contributed by atoms with Gasteiger partial charge in [0.25, 0.3) is 5.91 Å². The van der Waals surface area contributed by atoms with Crippen LogP contribution in [0, 0.1) is 6.92 Å². The molecule has 1 saturated heterocycles. The molecule has 27 heavy (non-hydrogen) atoms. The van der Waals surface area contributed by atoms with E-state index in [-0.39, 0.29) is 11.5 Å². The van der Waals surface area contributed by atoms with Crippen LogP contribution in [-0.4, -0.2) is 36.6 Å². The molecule has 1 amide bonds. The van der Waals surface area contributed by atoms with Crippen LogP contribution < -0.4 is 10.2 Å². The van der Waals surface area contributed by atoms with E-state index in [1.165, 1.54) is 16.1 Å². The second-order valence-electron chi connectivity index (χ2n) is 7.93. The molecule has 1 aliphatic carbocycles. The second-order valence-corrected chi connectivity index (χ2v) is 9.07. The van der Waals surface area contributed by atoms with E-state index in [1.54, 1.807) is 11.3 Å². The molecule has 2 aromatic heterocycles. The quantitative estimate of drug-likeness (QED) is 0.882. The van der Waals surface area contributed by atoms with Gasteiger partial charge in [-0.2, -0.15) is 0 Å². The fourth-order valence-electron chi connectivity index (χ4n) is 4.28. The number of hydrogen-bond acceptors (Lipinski definition) is 5. The third-order valence-corrected chi connectivity index (χ3v) is 7.15. The number of ether oxygens (including phenoxy) is 1. The number of carbonyl (C=O) groups excluding carboxylic acids is 1. The summed E-state index contributed by atoms with van der Waals surface area (Å²) in [5, 5.41) is 3.12. The minimum atomic E-state index is -0.221. The van der Waals surface area contributed by atoms with Gasteiger partial charge >= 0.3 is 0 Å². The third kappa shape index (κ3) is 3.25. The Balaban J connectivity index is 1.36. The number of pyridine rings is 1. The number of fused-ring (bicyclic) bond motifs is 2. The number of rotatable bonds is 3. The Labute approximate surface area is 163 Å². The minimum Gasteiger partial charge on any atom is -0.371 e. The molecule has 6 heteroatoms. The Morgan fingerprint density at radius 3 is 2.89 bits per heavy atom. The van der Waals surface area contributed by atoms with Crippen LogP contribution in [0.4, 0.5) is 5.69 Å². The van der Waals surface area contributed by atoms with E-state index in [0.717, 1.165) is 62.4 Å². The summed E-state index contributed by atoms with van der Waals surface area (Å²) in [4.78, 5) is 21.4. The standard InChI is InChI=1S/C21H25N3O2S/c1-14-12-16(4-8-22-14)24-9-6-21(7-10-24)17-13-19(20(25)23-15-2-3-15)27-18(17)5-11-26-21/h4,8,12-13,15H,2-3,5-7,9-11H2,1H3,(H,23,25). The average Bonchev–Trinajstić information content (AvgIpc) is 3.37. The number of carbonyl (C=O) groups is 1. The van der Waals surface area contributed by atoms with Crippen LogP contribution in [0.25, 0.3) is 0 Å². The molecule has 5 rings (SSSR count). The molecule has 1 spiro atoms. The molecule has 0 unspecified atom stereocenters. The summed E-state index contributed by atoms with van der Waals surface area (Å²) in [6.07, 6.45) is 6.96. The number of hydrogen-bond donors (Lipinski definition) is 1. The van der Waals surface area contributed by atoms with E-state index in [1.807, 2.05) is 13.1 Å². The number of nitrogens with one attached hydrogen (secondary N) is 1. The zero-order valence-electron chi connectivity index (χ0n) is 15.7.